The summed E-state index contributed by atoms with van der Waals surface area (Å²) in [5.74, 6) is -0.734. The molecular formula is C15H12BrN3O4S. The van der Waals surface area contributed by atoms with Crippen molar-refractivity contribution >= 4 is 48.5 Å². The summed E-state index contributed by atoms with van der Waals surface area (Å²) >= 11 is 3.22. The number of sulfonamides is 1. The lowest BCUT2D eigenvalue weighted by Gasteiger charge is -2.12. The van der Waals surface area contributed by atoms with Crippen LogP contribution in [0.25, 0.3) is 10.9 Å². The zero-order chi connectivity index (χ0) is 17.3. The quantitative estimate of drug-likeness (QED) is 0.645. The summed E-state index contributed by atoms with van der Waals surface area (Å²) in [4.78, 5) is 11.7. The third kappa shape index (κ3) is 3.13. The first-order valence-corrected chi connectivity index (χ1v) is 9.02. The van der Waals surface area contributed by atoms with Crippen LogP contribution < -0.4 is 4.72 Å². The van der Waals surface area contributed by atoms with E-state index in [0.29, 0.717) is 10.2 Å². The summed E-state index contributed by atoms with van der Waals surface area (Å²) in [5.41, 5.74) is 1.10. The summed E-state index contributed by atoms with van der Waals surface area (Å²) in [7, 11) is -2.78. The number of halogens is 1. The van der Waals surface area contributed by atoms with Crippen LogP contribution in [0.1, 0.15) is 10.4 Å². The Labute approximate surface area is 146 Å². The fourth-order valence-corrected chi connectivity index (χ4v) is 3.81. The Morgan fingerprint density at radius 3 is 2.79 bits per heavy atom. The van der Waals surface area contributed by atoms with E-state index in [1.807, 2.05) is 0 Å². The Hall–Kier alpha value is -2.39. The van der Waals surface area contributed by atoms with Crippen LogP contribution in [-0.2, 0) is 14.8 Å². The molecule has 3 aromatic rings. The molecule has 0 fully saturated rings. The lowest BCUT2D eigenvalue weighted by Crippen LogP contribution is -2.17. The Kier molecular flexibility index (Phi) is 4.29. The molecule has 0 bridgehead atoms. The van der Waals surface area contributed by atoms with Gasteiger partial charge in [0.2, 0.25) is 0 Å². The number of carbonyl (C=O) groups is 1. The van der Waals surface area contributed by atoms with E-state index in [4.69, 9.17) is 0 Å². The number of rotatable bonds is 4. The van der Waals surface area contributed by atoms with Gasteiger partial charge in [-0.3, -0.25) is 9.82 Å². The van der Waals surface area contributed by atoms with Gasteiger partial charge in [-0.1, -0.05) is 15.9 Å². The van der Waals surface area contributed by atoms with Crippen LogP contribution in [0.4, 0.5) is 5.69 Å². The van der Waals surface area contributed by atoms with Crippen LogP contribution in [0.15, 0.2) is 52.0 Å². The monoisotopic (exact) mass is 409 g/mol. The van der Waals surface area contributed by atoms with Gasteiger partial charge < -0.3 is 4.74 Å². The third-order valence-corrected chi connectivity index (χ3v) is 5.26. The number of aromatic nitrogens is 2. The number of esters is 1. The highest BCUT2D eigenvalue weighted by molar-refractivity contribution is 9.10. The van der Waals surface area contributed by atoms with E-state index in [1.54, 1.807) is 30.5 Å². The molecule has 0 aliphatic carbocycles. The van der Waals surface area contributed by atoms with Gasteiger partial charge in [0.1, 0.15) is 4.90 Å². The van der Waals surface area contributed by atoms with E-state index in [2.05, 4.69) is 35.6 Å². The van der Waals surface area contributed by atoms with Gasteiger partial charge in [0.25, 0.3) is 10.0 Å². The first-order chi connectivity index (χ1) is 11.4. The van der Waals surface area contributed by atoms with Crippen molar-refractivity contribution in [1.82, 2.24) is 10.2 Å². The number of hydrogen-bond acceptors (Lipinski definition) is 5. The average molecular weight is 410 g/mol. The molecule has 2 N–H and O–H groups in total. The van der Waals surface area contributed by atoms with Crippen molar-refractivity contribution in [2.24, 2.45) is 0 Å². The smallest absolute Gasteiger partial charge is 0.339 e. The number of fused-ring (bicyclic) bond motifs is 1. The van der Waals surface area contributed by atoms with Gasteiger partial charge in [-0.2, -0.15) is 5.10 Å². The molecule has 124 valence electrons. The molecule has 24 heavy (non-hydrogen) atoms. The molecule has 7 nitrogen and oxygen atoms in total. The van der Waals surface area contributed by atoms with Gasteiger partial charge in [0.15, 0.2) is 0 Å². The highest BCUT2D eigenvalue weighted by atomic mass is 79.9. The van der Waals surface area contributed by atoms with Gasteiger partial charge >= 0.3 is 5.97 Å². The SMILES string of the molecule is COC(=O)c1cc(Br)ccc1S(=O)(=O)Nc1ccc2[nH]ncc2c1. The van der Waals surface area contributed by atoms with Crippen molar-refractivity contribution in [2.75, 3.05) is 11.8 Å². The summed E-state index contributed by atoms with van der Waals surface area (Å²) in [5, 5.41) is 7.44. The maximum atomic E-state index is 12.7. The first-order valence-electron chi connectivity index (χ1n) is 6.74. The Bertz CT molecular complexity index is 1030. The summed E-state index contributed by atoms with van der Waals surface area (Å²) in [6, 6.07) is 9.25. The zero-order valence-electron chi connectivity index (χ0n) is 12.4. The van der Waals surface area contributed by atoms with Crippen molar-refractivity contribution in [3.8, 4) is 0 Å². The molecule has 3 rings (SSSR count). The van der Waals surface area contributed by atoms with Crippen LogP contribution in [0.2, 0.25) is 0 Å². The van der Waals surface area contributed by atoms with Crippen molar-refractivity contribution < 1.29 is 17.9 Å². The van der Waals surface area contributed by atoms with E-state index in [-0.39, 0.29) is 10.5 Å². The molecule has 0 saturated carbocycles. The number of anilines is 1. The third-order valence-electron chi connectivity index (χ3n) is 3.33. The minimum absolute atomic E-state index is 0.0521. The van der Waals surface area contributed by atoms with Crippen molar-refractivity contribution in [3.63, 3.8) is 0 Å². The predicted octanol–water partition coefficient (Wildman–Crippen LogP) is 2.91. The molecule has 0 radical (unpaired) electrons. The normalized spacial score (nSPS) is 11.4. The number of nitrogens with zero attached hydrogens (tertiary/aromatic N) is 1. The minimum Gasteiger partial charge on any atom is -0.465 e. The average Bonchev–Trinajstić information content (AvgIpc) is 3.01. The molecule has 0 amide bonds. The van der Waals surface area contributed by atoms with E-state index < -0.39 is 16.0 Å². The highest BCUT2D eigenvalue weighted by Crippen LogP contribution is 2.25. The van der Waals surface area contributed by atoms with Crippen LogP contribution in [0.3, 0.4) is 0 Å². The van der Waals surface area contributed by atoms with E-state index in [1.165, 1.54) is 19.2 Å². The molecule has 1 aromatic heterocycles. The first kappa shape index (κ1) is 16.5. The lowest BCUT2D eigenvalue weighted by molar-refractivity contribution is 0.0596. The zero-order valence-corrected chi connectivity index (χ0v) is 14.8. The van der Waals surface area contributed by atoms with Crippen LogP contribution >= 0.6 is 15.9 Å². The molecule has 2 aromatic carbocycles. The summed E-state index contributed by atoms with van der Waals surface area (Å²) in [6.45, 7) is 0. The Morgan fingerprint density at radius 1 is 1.25 bits per heavy atom. The Balaban J connectivity index is 2.02. The maximum Gasteiger partial charge on any atom is 0.339 e. The van der Waals surface area contributed by atoms with Gasteiger partial charge in [-0.25, -0.2) is 13.2 Å². The summed E-state index contributed by atoms with van der Waals surface area (Å²) < 4.78 is 33.0. The fourth-order valence-electron chi connectivity index (χ4n) is 2.22. The second kappa shape index (κ2) is 6.25. The maximum absolute atomic E-state index is 12.7. The molecular weight excluding hydrogens is 398 g/mol. The number of H-pyrrole nitrogens is 1. The van der Waals surface area contributed by atoms with Gasteiger partial charge in [0, 0.05) is 15.5 Å². The van der Waals surface area contributed by atoms with Crippen molar-refractivity contribution in [2.45, 2.75) is 4.90 Å². The van der Waals surface area contributed by atoms with E-state index in [9.17, 15) is 13.2 Å². The molecule has 0 unspecified atom stereocenters. The predicted molar refractivity (Wildman–Crippen MR) is 92.4 cm³/mol. The van der Waals surface area contributed by atoms with Crippen LogP contribution in [0, 0.1) is 0 Å². The van der Waals surface area contributed by atoms with Gasteiger partial charge in [-0.05, 0) is 36.4 Å². The number of methoxy groups -OCH3 is 1. The number of carbonyl (C=O) groups excluding carboxylic acids is 1. The minimum atomic E-state index is -3.97. The topological polar surface area (TPSA) is 101 Å². The van der Waals surface area contributed by atoms with Crippen LogP contribution in [-0.4, -0.2) is 31.7 Å². The molecule has 1 heterocycles. The standard InChI is InChI=1S/C15H12BrN3O4S/c1-23-15(20)12-7-10(16)2-5-14(12)24(21,22)19-11-3-4-13-9(6-11)8-17-18-13/h2-8,19H,1H3,(H,17,18). The van der Waals surface area contributed by atoms with E-state index >= 15 is 0 Å². The van der Waals surface area contributed by atoms with E-state index in [0.717, 1.165) is 10.9 Å². The second-order valence-corrected chi connectivity index (χ2v) is 7.48. The van der Waals surface area contributed by atoms with Crippen LogP contribution in [0.5, 0.6) is 0 Å². The van der Waals surface area contributed by atoms with Gasteiger partial charge in [-0.15, -0.1) is 0 Å². The fraction of sp³-hybridized carbons (Fsp3) is 0.0667. The van der Waals surface area contributed by atoms with Crippen molar-refractivity contribution in [1.29, 1.82) is 0 Å². The number of ether oxygens (including phenoxy) is 1. The number of benzene rings is 2. The number of nitrogens with one attached hydrogen (secondary N) is 2. The Morgan fingerprint density at radius 2 is 2.04 bits per heavy atom. The highest BCUT2D eigenvalue weighted by Gasteiger charge is 2.23. The number of hydrogen-bond donors (Lipinski definition) is 2. The number of aromatic amines is 1. The van der Waals surface area contributed by atoms with Gasteiger partial charge in [0.05, 0.1) is 24.4 Å². The molecule has 0 atom stereocenters. The largest absolute Gasteiger partial charge is 0.465 e. The lowest BCUT2D eigenvalue weighted by atomic mass is 10.2. The second-order valence-electron chi connectivity index (χ2n) is 4.91. The molecule has 0 aliphatic rings. The van der Waals surface area contributed by atoms with Crippen molar-refractivity contribution in [3.05, 3.63) is 52.6 Å². The molecule has 9 heteroatoms. The molecule has 0 saturated heterocycles. The molecule has 0 aliphatic heterocycles. The summed E-state index contributed by atoms with van der Waals surface area (Å²) in [6.07, 6.45) is 1.59. The molecule has 0 spiro atoms.